The molecule has 0 aliphatic carbocycles. The monoisotopic (exact) mass is 405 g/mol. The number of nitrogens with zero attached hydrogens (tertiary/aromatic N) is 1. The summed E-state index contributed by atoms with van der Waals surface area (Å²) in [5, 5.41) is 1.80. The van der Waals surface area contributed by atoms with E-state index in [1.807, 2.05) is 18.2 Å². The quantitative estimate of drug-likeness (QED) is 0.317. The third-order valence-electron chi connectivity index (χ3n) is 4.14. The van der Waals surface area contributed by atoms with E-state index in [1.54, 1.807) is 53.9 Å². The van der Waals surface area contributed by atoms with Crippen LogP contribution < -0.4 is 4.90 Å². The molecule has 0 atom stereocenters. The predicted molar refractivity (Wildman–Crippen MR) is 113 cm³/mol. The van der Waals surface area contributed by atoms with Crippen molar-refractivity contribution in [1.29, 1.82) is 0 Å². The highest BCUT2D eigenvalue weighted by Crippen LogP contribution is 2.19. The Hall–Kier alpha value is -3.51. The Labute approximate surface area is 172 Å². The lowest BCUT2D eigenvalue weighted by atomic mass is 10.0. The smallest absolute Gasteiger partial charge is 0.339 e. The molecular weight excluding hydrogens is 386 g/mol. The third-order valence-corrected chi connectivity index (χ3v) is 5.01. The molecule has 29 heavy (non-hydrogen) atoms. The van der Waals surface area contributed by atoms with E-state index in [0.29, 0.717) is 10.6 Å². The van der Waals surface area contributed by atoms with Crippen LogP contribution in [0.15, 0.2) is 84.8 Å². The van der Waals surface area contributed by atoms with Gasteiger partial charge in [-0.15, -0.1) is 17.9 Å². The molecule has 0 N–H and O–H groups in total. The molecule has 0 radical (unpaired) electrons. The molecule has 5 nitrogen and oxygen atoms in total. The maximum Gasteiger partial charge on any atom is 0.339 e. The second kappa shape index (κ2) is 9.61. The second-order valence-electron chi connectivity index (χ2n) is 6.06. The summed E-state index contributed by atoms with van der Waals surface area (Å²) in [4.78, 5) is 39.9. The third kappa shape index (κ3) is 4.86. The van der Waals surface area contributed by atoms with Gasteiger partial charge in [0.2, 0.25) is 5.78 Å². The molecule has 1 heterocycles. The zero-order chi connectivity index (χ0) is 20.6. The highest BCUT2D eigenvalue weighted by molar-refractivity contribution is 7.12. The molecule has 1 amide bonds. The molecule has 0 bridgehead atoms. The van der Waals surface area contributed by atoms with Crippen molar-refractivity contribution in [2.24, 2.45) is 0 Å². The van der Waals surface area contributed by atoms with Gasteiger partial charge in [-0.3, -0.25) is 9.59 Å². The number of ether oxygens (including phenoxy) is 1. The number of ketones is 1. The van der Waals surface area contributed by atoms with Gasteiger partial charge in [0.15, 0.2) is 6.61 Å². The molecule has 0 spiro atoms. The highest BCUT2D eigenvalue weighted by atomic mass is 32.1. The molecule has 0 aliphatic heterocycles. The van der Waals surface area contributed by atoms with Gasteiger partial charge in [0.25, 0.3) is 5.91 Å². The Balaban J connectivity index is 1.73. The molecule has 3 aromatic rings. The van der Waals surface area contributed by atoms with E-state index < -0.39 is 12.6 Å². The number of para-hydroxylation sites is 1. The lowest BCUT2D eigenvalue weighted by molar-refractivity contribution is -0.121. The number of carbonyl (C=O) groups excluding carboxylic acids is 3. The standard InChI is InChI=1S/C23H19NO4S/c1-2-14-24(17-9-4-3-5-10-17)21(25)16-28-23(27)19-12-7-6-11-18(19)22(26)20-13-8-15-29-20/h2-13,15H,1,14,16H2. The normalized spacial score (nSPS) is 10.2. The van der Waals surface area contributed by atoms with Gasteiger partial charge >= 0.3 is 5.97 Å². The molecule has 3 rings (SSSR count). The minimum absolute atomic E-state index is 0.133. The maximum atomic E-state index is 12.7. The largest absolute Gasteiger partial charge is 0.452 e. The van der Waals surface area contributed by atoms with Crippen LogP contribution in [0.2, 0.25) is 0 Å². The number of esters is 1. The van der Waals surface area contributed by atoms with Crippen LogP contribution in [0.3, 0.4) is 0 Å². The Bertz CT molecular complexity index is 1010. The van der Waals surface area contributed by atoms with Crippen LogP contribution >= 0.6 is 11.3 Å². The van der Waals surface area contributed by atoms with E-state index in [9.17, 15) is 14.4 Å². The minimum atomic E-state index is -0.717. The van der Waals surface area contributed by atoms with Crippen LogP contribution in [0.25, 0.3) is 0 Å². The van der Waals surface area contributed by atoms with Crippen molar-refractivity contribution in [3.8, 4) is 0 Å². The first-order valence-corrected chi connectivity index (χ1v) is 9.80. The van der Waals surface area contributed by atoms with Gasteiger partial charge in [0.1, 0.15) is 0 Å². The van der Waals surface area contributed by atoms with E-state index in [-0.39, 0.29) is 29.4 Å². The van der Waals surface area contributed by atoms with E-state index in [0.717, 1.165) is 0 Å². The van der Waals surface area contributed by atoms with Crippen LogP contribution in [-0.4, -0.2) is 30.8 Å². The lowest BCUT2D eigenvalue weighted by Gasteiger charge is -2.21. The second-order valence-corrected chi connectivity index (χ2v) is 7.00. The first-order valence-electron chi connectivity index (χ1n) is 8.92. The van der Waals surface area contributed by atoms with E-state index >= 15 is 0 Å². The fourth-order valence-corrected chi connectivity index (χ4v) is 3.45. The number of rotatable bonds is 8. The average molecular weight is 405 g/mol. The van der Waals surface area contributed by atoms with Crippen LogP contribution in [-0.2, 0) is 9.53 Å². The lowest BCUT2D eigenvalue weighted by Crippen LogP contribution is -2.35. The van der Waals surface area contributed by atoms with Crippen molar-refractivity contribution in [2.45, 2.75) is 0 Å². The molecule has 0 fully saturated rings. The molecule has 2 aromatic carbocycles. The SMILES string of the molecule is C=CCN(C(=O)COC(=O)c1ccccc1C(=O)c1cccs1)c1ccccc1. The summed E-state index contributed by atoms with van der Waals surface area (Å²) < 4.78 is 5.23. The summed E-state index contributed by atoms with van der Waals surface area (Å²) in [5.41, 5.74) is 1.06. The average Bonchev–Trinajstić information content (AvgIpc) is 3.30. The van der Waals surface area contributed by atoms with Crippen LogP contribution in [0.4, 0.5) is 5.69 Å². The number of hydrogen-bond acceptors (Lipinski definition) is 5. The van der Waals surface area contributed by atoms with Gasteiger partial charge in [-0.2, -0.15) is 0 Å². The molecule has 146 valence electrons. The maximum absolute atomic E-state index is 12.7. The zero-order valence-corrected chi connectivity index (χ0v) is 16.4. The summed E-state index contributed by atoms with van der Waals surface area (Å²) in [6.07, 6.45) is 1.60. The fourth-order valence-electron chi connectivity index (χ4n) is 2.77. The van der Waals surface area contributed by atoms with Crippen LogP contribution in [0.5, 0.6) is 0 Å². The van der Waals surface area contributed by atoms with E-state index in [4.69, 9.17) is 4.74 Å². The summed E-state index contributed by atoms with van der Waals surface area (Å²) in [6.45, 7) is 3.51. The number of thiophene rings is 1. The Kier molecular flexibility index (Phi) is 6.71. The van der Waals surface area contributed by atoms with Crippen molar-refractivity contribution < 1.29 is 19.1 Å². The molecule has 0 saturated heterocycles. The summed E-state index contributed by atoms with van der Waals surface area (Å²) in [6, 6.07) is 19.0. The molecule has 1 aromatic heterocycles. The first-order chi connectivity index (χ1) is 14.1. The molecule has 0 saturated carbocycles. The number of hydrogen-bond donors (Lipinski definition) is 0. The highest BCUT2D eigenvalue weighted by Gasteiger charge is 2.22. The summed E-state index contributed by atoms with van der Waals surface area (Å²) in [7, 11) is 0. The number of anilines is 1. The number of amides is 1. The number of carbonyl (C=O) groups is 3. The minimum Gasteiger partial charge on any atom is -0.452 e. The van der Waals surface area contributed by atoms with Gasteiger partial charge in [0.05, 0.1) is 10.4 Å². The van der Waals surface area contributed by atoms with Gasteiger partial charge < -0.3 is 9.64 Å². The molecular formula is C23H19NO4S. The molecule has 0 aliphatic rings. The topological polar surface area (TPSA) is 63.7 Å². The van der Waals surface area contributed by atoms with E-state index in [1.165, 1.54) is 22.3 Å². The van der Waals surface area contributed by atoms with Crippen molar-refractivity contribution in [3.63, 3.8) is 0 Å². The van der Waals surface area contributed by atoms with Crippen molar-refractivity contribution in [3.05, 3.63) is 101 Å². The van der Waals surface area contributed by atoms with Gasteiger partial charge in [-0.1, -0.05) is 48.5 Å². The molecule has 0 unspecified atom stereocenters. The first kappa shape index (κ1) is 20.2. The number of benzene rings is 2. The Morgan fingerprint density at radius 2 is 1.62 bits per heavy atom. The van der Waals surface area contributed by atoms with Crippen LogP contribution in [0, 0.1) is 0 Å². The summed E-state index contributed by atoms with van der Waals surface area (Å²) >= 11 is 1.30. The van der Waals surface area contributed by atoms with Crippen LogP contribution in [0.1, 0.15) is 25.6 Å². The molecule has 6 heteroatoms. The Morgan fingerprint density at radius 3 is 2.28 bits per heavy atom. The predicted octanol–water partition coefficient (Wildman–Crippen LogP) is 4.36. The summed E-state index contributed by atoms with van der Waals surface area (Å²) in [5.74, 6) is -1.35. The van der Waals surface area contributed by atoms with Gasteiger partial charge in [-0.05, 0) is 29.6 Å². The Morgan fingerprint density at radius 1 is 0.931 bits per heavy atom. The van der Waals surface area contributed by atoms with Gasteiger partial charge in [0, 0.05) is 17.8 Å². The van der Waals surface area contributed by atoms with Crippen molar-refractivity contribution >= 4 is 34.7 Å². The zero-order valence-electron chi connectivity index (χ0n) is 15.6. The van der Waals surface area contributed by atoms with Crippen molar-refractivity contribution in [2.75, 3.05) is 18.1 Å². The fraction of sp³-hybridized carbons (Fsp3) is 0.0870. The van der Waals surface area contributed by atoms with Crippen molar-refractivity contribution in [1.82, 2.24) is 0 Å². The van der Waals surface area contributed by atoms with E-state index in [2.05, 4.69) is 6.58 Å². The van der Waals surface area contributed by atoms with Gasteiger partial charge in [-0.25, -0.2) is 4.79 Å².